The number of alkyl halides is 4. The number of halogens is 4. The molecule has 0 saturated carbocycles. The molecule has 0 aliphatic rings. The van der Waals surface area contributed by atoms with Gasteiger partial charge < -0.3 is 0 Å². The summed E-state index contributed by atoms with van der Waals surface area (Å²) in [6.45, 7) is 0. The largest absolute Gasteiger partial charge is 0.416 e. The van der Waals surface area contributed by atoms with Gasteiger partial charge in [0, 0.05) is 12.1 Å². The lowest BCUT2D eigenvalue weighted by atomic mass is 10.1. The minimum absolute atomic E-state index is 0.0438. The lowest BCUT2D eigenvalue weighted by Gasteiger charge is -2.09. The standard InChI is InChI=1S/C9H6ClF3N2/c10-4-6(5-14)8-3-7(1-2-15-8)9(11,12)13/h1-3,6H,4H2. The first kappa shape index (κ1) is 11.8. The van der Waals surface area contributed by atoms with E-state index in [4.69, 9.17) is 16.9 Å². The average Bonchev–Trinajstić information content (AvgIpc) is 2.19. The molecule has 0 aliphatic heterocycles. The van der Waals surface area contributed by atoms with Crippen LogP contribution in [0.3, 0.4) is 0 Å². The Morgan fingerprint density at radius 1 is 1.53 bits per heavy atom. The molecule has 0 aromatic carbocycles. The molecule has 0 radical (unpaired) electrons. The molecular formula is C9H6ClF3N2. The molecule has 0 aliphatic carbocycles. The van der Waals surface area contributed by atoms with Crippen molar-refractivity contribution >= 4 is 11.6 Å². The maximum Gasteiger partial charge on any atom is 0.416 e. The smallest absolute Gasteiger partial charge is 0.260 e. The maximum atomic E-state index is 12.3. The zero-order chi connectivity index (χ0) is 11.5. The molecule has 6 heteroatoms. The van der Waals surface area contributed by atoms with Crippen molar-refractivity contribution in [2.24, 2.45) is 0 Å². The van der Waals surface area contributed by atoms with Crippen molar-refractivity contribution in [3.63, 3.8) is 0 Å². The fourth-order valence-electron chi connectivity index (χ4n) is 0.995. The molecule has 1 unspecified atom stereocenters. The topological polar surface area (TPSA) is 36.7 Å². The molecule has 15 heavy (non-hydrogen) atoms. The van der Waals surface area contributed by atoms with Crippen molar-refractivity contribution in [2.75, 3.05) is 5.88 Å². The maximum absolute atomic E-state index is 12.3. The quantitative estimate of drug-likeness (QED) is 0.738. The summed E-state index contributed by atoms with van der Waals surface area (Å²) in [4.78, 5) is 3.69. The van der Waals surface area contributed by atoms with Crippen LogP contribution in [0.1, 0.15) is 17.2 Å². The molecule has 1 atom stereocenters. The van der Waals surface area contributed by atoms with Gasteiger partial charge in [-0.2, -0.15) is 18.4 Å². The van der Waals surface area contributed by atoms with E-state index < -0.39 is 17.7 Å². The zero-order valence-corrected chi connectivity index (χ0v) is 8.18. The van der Waals surface area contributed by atoms with Crippen LogP contribution in [-0.4, -0.2) is 10.9 Å². The van der Waals surface area contributed by atoms with E-state index in [-0.39, 0.29) is 11.6 Å². The van der Waals surface area contributed by atoms with Gasteiger partial charge in [-0.05, 0) is 12.1 Å². The Kier molecular flexibility index (Phi) is 3.53. The molecule has 2 nitrogen and oxygen atoms in total. The Labute approximate surface area is 89.3 Å². The first-order chi connectivity index (χ1) is 6.99. The van der Waals surface area contributed by atoms with Crippen LogP contribution >= 0.6 is 11.6 Å². The third-order valence-electron chi connectivity index (χ3n) is 1.78. The minimum atomic E-state index is -4.43. The molecule has 0 saturated heterocycles. The molecule has 1 rings (SSSR count). The van der Waals surface area contributed by atoms with Crippen LogP contribution in [0.15, 0.2) is 18.3 Å². The minimum Gasteiger partial charge on any atom is -0.260 e. The molecule has 0 spiro atoms. The second-order valence-corrected chi connectivity index (χ2v) is 3.11. The molecule has 1 heterocycles. The third kappa shape index (κ3) is 2.83. The Balaban J connectivity index is 3.09. The highest BCUT2D eigenvalue weighted by Gasteiger charge is 2.31. The van der Waals surface area contributed by atoms with Crippen LogP contribution in [0.25, 0.3) is 0 Å². The Hall–Kier alpha value is -1.28. The lowest BCUT2D eigenvalue weighted by molar-refractivity contribution is -0.137. The van der Waals surface area contributed by atoms with Crippen LogP contribution < -0.4 is 0 Å². The van der Waals surface area contributed by atoms with E-state index in [1.807, 2.05) is 0 Å². The van der Waals surface area contributed by atoms with Gasteiger partial charge in [0.25, 0.3) is 0 Å². The van der Waals surface area contributed by atoms with Crippen molar-refractivity contribution in [3.05, 3.63) is 29.6 Å². The van der Waals surface area contributed by atoms with Gasteiger partial charge in [0.2, 0.25) is 0 Å². The number of rotatable bonds is 2. The molecule has 0 amide bonds. The lowest BCUT2D eigenvalue weighted by Crippen LogP contribution is -2.08. The van der Waals surface area contributed by atoms with Gasteiger partial charge in [-0.25, -0.2) is 0 Å². The summed E-state index contributed by atoms with van der Waals surface area (Å²) in [5.41, 5.74) is -0.778. The molecule has 0 N–H and O–H groups in total. The van der Waals surface area contributed by atoms with Crippen molar-refractivity contribution in [1.29, 1.82) is 5.26 Å². The number of nitrogens with zero attached hydrogens (tertiary/aromatic N) is 2. The number of hydrogen-bond acceptors (Lipinski definition) is 2. The van der Waals surface area contributed by atoms with E-state index in [9.17, 15) is 13.2 Å². The fourth-order valence-corrected chi connectivity index (χ4v) is 1.22. The predicted octanol–water partition coefficient (Wildman–Crippen LogP) is 2.95. The molecular weight excluding hydrogens is 229 g/mol. The summed E-state index contributed by atoms with van der Waals surface area (Å²) in [6.07, 6.45) is -3.40. The van der Waals surface area contributed by atoms with Crippen molar-refractivity contribution in [1.82, 2.24) is 4.98 Å². The highest BCUT2D eigenvalue weighted by Crippen LogP contribution is 2.30. The average molecular weight is 235 g/mol. The zero-order valence-electron chi connectivity index (χ0n) is 7.42. The summed E-state index contributed by atoms with van der Waals surface area (Å²) >= 11 is 5.43. The normalized spacial score (nSPS) is 13.3. The SMILES string of the molecule is N#CC(CCl)c1cc(C(F)(F)F)ccn1. The van der Waals surface area contributed by atoms with E-state index in [1.54, 1.807) is 6.07 Å². The summed E-state index contributed by atoms with van der Waals surface area (Å²) in [5.74, 6) is -0.890. The molecule has 1 aromatic heterocycles. The van der Waals surface area contributed by atoms with Crippen molar-refractivity contribution in [2.45, 2.75) is 12.1 Å². The fraction of sp³-hybridized carbons (Fsp3) is 0.333. The van der Waals surface area contributed by atoms with Gasteiger partial charge in [0.05, 0.1) is 17.3 Å². The number of hydrogen-bond donors (Lipinski definition) is 0. The van der Waals surface area contributed by atoms with Crippen molar-refractivity contribution < 1.29 is 13.2 Å². The summed E-state index contributed by atoms with van der Waals surface area (Å²) in [6, 6.07) is 3.48. The van der Waals surface area contributed by atoms with Crippen LogP contribution in [0.5, 0.6) is 0 Å². The second kappa shape index (κ2) is 4.49. The van der Waals surface area contributed by atoms with E-state index >= 15 is 0 Å². The van der Waals surface area contributed by atoms with Gasteiger partial charge in [-0.1, -0.05) is 0 Å². The van der Waals surface area contributed by atoms with Crippen LogP contribution in [0.4, 0.5) is 13.2 Å². The number of nitriles is 1. The first-order valence-electron chi connectivity index (χ1n) is 3.97. The summed E-state index contributed by atoms with van der Waals surface area (Å²) in [7, 11) is 0. The van der Waals surface area contributed by atoms with E-state index in [1.165, 1.54) is 0 Å². The first-order valence-corrected chi connectivity index (χ1v) is 4.51. The van der Waals surface area contributed by atoms with Gasteiger partial charge in [-0.3, -0.25) is 4.98 Å². The van der Waals surface area contributed by atoms with Crippen LogP contribution in [-0.2, 0) is 6.18 Å². The highest BCUT2D eigenvalue weighted by molar-refractivity contribution is 6.18. The van der Waals surface area contributed by atoms with Gasteiger partial charge in [0.1, 0.15) is 5.92 Å². The molecule has 1 aromatic rings. The van der Waals surface area contributed by atoms with Gasteiger partial charge >= 0.3 is 6.18 Å². The van der Waals surface area contributed by atoms with Crippen LogP contribution in [0.2, 0.25) is 0 Å². The van der Waals surface area contributed by atoms with E-state index in [0.29, 0.717) is 0 Å². The molecule has 0 fully saturated rings. The monoisotopic (exact) mass is 234 g/mol. The summed E-state index contributed by atoms with van der Waals surface area (Å²) in [5, 5.41) is 8.62. The van der Waals surface area contributed by atoms with E-state index in [2.05, 4.69) is 4.98 Å². The second-order valence-electron chi connectivity index (χ2n) is 2.80. The van der Waals surface area contributed by atoms with Gasteiger partial charge in [0.15, 0.2) is 0 Å². The highest BCUT2D eigenvalue weighted by atomic mass is 35.5. The van der Waals surface area contributed by atoms with Crippen molar-refractivity contribution in [3.8, 4) is 6.07 Å². The van der Waals surface area contributed by atoms with Gasteiger partial charge in [-0.15, -0.1) is 11.6 Å². The Bertz CT molecular complexity index is 384. The predicted molar refractivity (Wildman–Crippen MR) is 48.3 cm³/mol. The molecule has 80 valence electrons. The number of aromatic nitrogens is 1. The Morgan fingerprint density at radius 3 is 2.67 bits per heavy atom. The third-order valence-corrected chi connectivity index (χ3v) is 2.08. The van der Waals surface area contributed by atoms with Crippen LogP contribution in [0, 0.1) is 11.3 Å². The Morgan fingerprint density at radius 2 is 2.20 bits per heavy atom. The molecule has 0 bridgehead atoms. The number of pyridine rings is 1. The summed E-state index contributed by atoms with van der Waals surface area (Å²) < 4.78 is 36.9. The van der Waals surface area contributed by atoms with E-state index in [0.717, 1.165) is 18.3 Å².